The number of halogens is 1. The molecule has 0 bridgehead atoms. The third-order valence-electron chi connectivity index (χ3n) is 4.69. The molecule has 1 atom stereocenters. The molecule has 1 N–H and O–H groups in total. The Morgan fingerprint density at radius 1 is 1.00 bits per heavy atom. The van der Waals surface area contributed by atoms with E-state index in [9.17, 15) is 9.59 Å². The van der Waals surface area contributed by atoms with E-state index in [0.29, 0.717) is 17.3 Å². The number of anilines is 2. The third-order valence-corrected chi connectivity index (χ3v) is 5.01. The minimum absolute atomic E-state index is 0.0869. The zero-order valence-corrected chi connectivity index (χ0v) is 14.7. The van der Waals surface area contributed by atoms with Gasteiger partial charge in [-0.1, -0.05) is 60.1 Å². The van der Waals surface area contributed by atoms with Crippen molar-refractivity contribution in [2.24, 2.45) is 5.92 Å². The van der Waals surface area contributed by atoms with Crippen molar-refractivity contribution in [3.63, 3.8) is 0 Å². The summed E-state index contributed by atoms with van der Waals surface area (Å²) in [5.41, 5.74) is 1.41. The maximum Gasteiger partial charge on any atom is 0.229 e. The van der Waals surface area contributed by atoms with E-state index in [1.165, 1.54) is 0 Å². The molecule has 26 heavy (non-hydrogen) atoms. The summed E-state index contributed by atoms with van der Waals surface area (Å²) in [4.78, 5) is 26.7. The topological polar surface area (TPSA) is 49.4 Å². The quantitative estimate of drug-likeness (QED) is 0.744. The van der Waals surface area contributed by atoms with Gasteiger partial charge < -0.3 is 10.2 Å². The van der Waals surface area contributed by atoms with Gasteiger partial charge in [0.15, 0.2) is 0 Å². The third kappa shape index (κ3) is 3.04. The van der Waals surface area contributed by atoms with E-state index in [1.54, 1.807) is 17.0 Å². The summed E-state index contributed by atoms with van der Waals surface area (Å²) in [6, 6.07) is 20.9. The summed E-state index contributed by atoms with van der Waals surface area (Å²) >= 11 is 6.20. The summed E-state index contributed by atoms with van der Waals surface area (Å²) in [6.07, 6.45) is 0.182. The Morgan fingerprint density at radius 2 is 1.73 bits per heavy atom. The van der Waals surface area contributed by atoms with Gasteiger partial charge in [-0.05, 0) is 23.6 Å². The Kier molecular flexibility index (Phi) is 4.35. The largest absolute Gasteiger partial charge is 0.325 e. The van der Waals surface area contributed by atoms with Gasteiger partial charge in [0.25, 0.3) is 0 Å². The van der Waals surface area contributed by atoms with E-state index in [2.05, 4.69) is 5.32 Å². The number of carbonyl (C=O) groups excluding carboxylic acids is 2. The van der Waals surface area contributed by atoms with E-state index < -0.39 is 5.92 Å². The van der Waals surface area contributed by atoms with Crippen LogP contribution in [0.4, 0.5) is 11.4 Å². The van der Waals surface area contributed by atoms with Crippen LogP contribution in [0.3, 0.4) is 0 Å². The molecule has 0 unspecified atom stereocenters. The van der Waals surface area contributed by atoms with Gasteiger partial charge in [0, 0.05) is 24.0 Å². The van der Waals surface area contributed by atoms with E-state index in [0.717, 1.165) is 16.5 Å². The number of carbonyl (C=O) groups is 2. The van der Waals surface area contributed by atoms with Crippen LogP contribution in [0.5, 0.6) is 0 Å². The molecule has 1 aliphatic rings. The molecule has 4 nitrogen and oxygen atoms in total. The van der Waals surface area contributed by atoms with Crippen LogP contribution in [0.25, 0.3) is 10.8 Å². The summed E-state index contributed by atoms with van der Waals surface area (Å²) in [7, 11) is 0. The molecule has 1 saturated heterocycles. The van der Waals surface area contributed by atoms with Crippen molar-refractivity contribution in [3.8, 4) is 0 Å². The summed E-state index contributed by atoms with van der Waals surface area (Å²) in [5.74, 6) is -0.641. The molecule has 0 aromatic heterocycles. The second-order valence-corrected chi connectivity index (χ2v) is 6.78. The van der Waals surface area contributed by atoms with Crippen LogP contribution in [0.2, 0.25) is 5.02 Å². The molecule has 4 rings (SSSR count). The molecule has 1 heterocycles. The first-order valence-electron chi connectivity index (χ1n) is 8.47. The zero-order valence-electron chi connectivity index (χ0n) is 14.0. The first kappa shape index (κ1) is 16.6. The van der Waals surface area contributed by atoms with Gasteiger partial charge >= 0.3 is 0 Å². The molecule has 0 aliphatic carbocycles. The Labute approximate surface area is 156 Å². The monoisotopic (exact) mass is 364 g/mol. The molecule has 1 fully saturated rings. The second kappa shape index (κ2) is 6.81. The lowest BCUT2D eigenvalue weighted by Gasteiger charge is -2.18. The minimum atomic E-state index is -0.405. The Balaban J connectivity index is 1.54. The number of nitrogens with zero attached hydrogens (tertiary/aromatic N) is 1. The fourth-order valence-electron chi connectivity index (χ4n) is 3.36. The van der Waals surface area contributed by atoms with Crippen molar-refractivity contribution >= 4 is 45.6 Å². The first-order chi connectivity index (χ1) is 12.6. The van der Waals surface area contributed by atoms with Gasteiger partial charge in [-0.15, -0.1) is 0 Å². The van der Waals surface area contributed by atoms with Crippen LogP contribution in [-0.2, 0) is 9.59 Å². The molecule has 3 aromatic carbocycles. The van der Waals surface area contributed by atoms with E-state index >= 15 is 0 Å². The fraction of sp³-hybridized carbons (Fsp3) is 0.143. The number of rotatable bonds is 3. The molecule has 5 heteroatoms. The summed E-state index contributed by atoms with van der Waals surface area (Å²) < 4.78 is 0. The highest BCUT2D eigenvalue weighted by molar-refractivity contribution is 6.34. The number of hydrogen-bond donors (Lipinski definition) is 1. The average molecular weight is 365 g/mol. The number of fused-ring (bicyclic) bond motifs is 1. The van der Waals surface area contributed by atoms with E-state index in [4.69, 9.17) is 11.6 Å². The highest BCUT2D eigenvalue weighted by Crippen LogP contribution is 2.32. The van der Waals surface area contributed by atoms with Crippen molar-refractivity contribution in [2.75, 3.05) is 16.8 Å². The van der Waals surface area contributed by atoms with Gasteiger partial charge in [0.2, 0.25) is 11.8 Å². The Hall–Kier alpha value is -2.85. The molecule has 1 aliphatic heterocycles. The lowest BCUT2D eigenvalue weighted by Crippen LogP contribution is -2.28. The van der Waals surface area contributed by atoms with Crippen LogP contribution in [-0.4, -0.2) is 18.4 Å². The lowest BCUT2D eigenvalue weighted by molar-refractivity contribution is -0.122. The molecule has 0 radical (unpaired) electrons. The van der Waals surface area contributed by atoms with Crippen molar-refractivity contribution in [1.82, 2.24) is 0 Å². The first-order valence-corrected chi connectivity index (χ1v) is 8.85. The maximum atomic E-state index is 12.7. The molecular weight excluding hydrogens is 348 g/mol. The molecule has 3 aromatic rings. The van der Waals surface area contributed by atoms with Crippen LogP contribution >= 0.6 is 11.6 Å². The SMILES string of the molecule is O=C(Nc1cccc2ccccc12)[C@H]1CC(=O)N(c2ccccc2Cl)C1. The summed E-state index contributed by atoms with van der Waals surface area (Å²) in [5, 5.41) is 5.54. The molecule has 2 amide bonds. The van der Waals surface area contributed by atoms with Gasteiger partial charge in [-0.25, -0.2) is 0 Å². The highest BCUT2D eigenvalue weighted by atomic mass is 35.5. The smallest absolute Gasteiger partial charge is 0.229 e. The molecular formula is C21H17ClN2O2. The van der Waals surface area contributed by atoms with Crippen molar-refractivity contribution in [2.45, 2.75) is 6.42 Å². The number of nitrogens with one attached hydrogen (secondary N) is 1. The van der Waals surface area contributed by atoms with Gasteiger partial charge in [-0.3, -0.25) is 9.59 Å². The fourth-order valence-corrected chi connectivity index (χ4v) is 3.59. The van der Waals surface area contributed by atoms with Gasteiger partial charge in [-0.2, -0.15) is 0 Å². The number of amides is 2. The van der Waals surface area contributed by atoms with Crippen LogP contribution in [0.1, 0.15) is 6.42 Å². The predicted octanol–water partition coefficient (Wildman–Crippen LogP) is 4.48. The normalized spacial score (nSPS) is 16.9. The zero-order chi connectivity index (χ0) is 18.1. The maximum absolute atomic E-state index is 12.7. The molecule has 0 spiro atoms. The molecule has 0 saturated carbocycles. The second-order valence-electron chi connectivity index (χ2n) is 6.37. The summed E-state index contributed by atoms with van der Waals surface area (Å²) in [6.45, 7) is 0.333. The van der Waals surface area contributed by atoms with Crippen LogP contribution in [0.15, 0.2) is 66.7 Å². The van der Waals surface area contributed by atoms with E-state index in [-0.39, 0.29) is 18.2 Å². The number of hydrogen-bond acceptors (Lipinski definition) is 2. The van der Waals surface area contributed by atoms with Crippen molar-refractivity contribution < 1.29 is 9.59 Å². The standard InChI is InChI=1S/C21H17ClN2O2/c22-17-9-3-4-11-19(17)24-13-15(12-20(24)25)21(26)23-18-10-5-7-14-6-1-2-8-16(14)18/h1-11,15H,12-13H2,(H,23,26)/t15-/m0/s1. The van der Waals surface area contributed by atoms with Crippen LogP contribution in [0, 0.1) is 5.92 Å². The van der Waals surface area contributed by atoms with E-state index in [1.807, 2.05) is 54.6 Å². The Morgan fingerprint density at radius 3 is 2.58 bits per heavy atom. The van der Waals surface area contributed by atoms with Crippen LogP contribution < -0.4 is 10.2 Å². The number of para-hydroxylation sites is 1. The number of benzene rings is 3. The van der Waals surface area contributed by atoms with Gasteiger partial charge in [0.05, 0.1) is 16.6 Å². The van der Waals surface area contributed by atoms with Crippen molar-refractivity contribution in [3.05, 3.63) is 71.8 Å². The average Bonchev–Trinajstić information content (AvgIpc) is 3.04. The lowest BCUT2D eigenvalue weighted by atomic mass is 10.1. The van der Waals surface area contributed by atoms with Gasteiger partial charge in [0.1, 0.15) is 0 Å². The minimum Gasteiger partial charge on any atom is -0.325 e. The highest BCUT2D eigenvalue weighted by Gasteiger charge is 2.36. The molecule has 130 valence electrons. The van der Waals surface area contributed by atoms with Crippen molar-refractivity contribution in [1.29, 1.82) is 0 Å². The Bertz CT molecular complexity index is 997. The predicted molar refractivity (Wildman–Crippen MR) is 104 cm³/mol.